The van der Waals surface area contributed by atoms with Crippen LogP contribution in [0, 0.1) is 0 Å². The second-order valence-electron chi connectivity index (χ2n) is 5.41. The maximum atomic E-state index is 12.2. The quantitative estimate of drug-likeness (QED) is 0.755. The fourth-order valence-corrected chi connectivity index (χ4v) is 4.05. The summed E-state index contributed by atoms with van der Waals surface area (Å²) in [6.45, 7) is 6.58. The van der Waals surface area contributed by atoms with Crippen molar-refractivity contribution < 1.29 is 4.21 Å². The molecule has 0 saturated heterocycles. The second-order valence-corrected chi connectivity index (χ2v) is 8.39. The molecule has 2 rings (SSSR count). The lowest BCUT2D eigenvalue weighted by Crippen LogP contribution is -2.10. The van der Waals surface area contributed by atoms with E-state index in [-0.39, 0.29) is 5.41 Å². The van der Waals surface area contributed by atoms with Crippen LogP contribution in [0.2, 0.25) is 0 Å². The van der Waals surface area contributed by atoms with E-state index in [0.717, 1.165) is 9.79 Å². The predicted octanol–water partition coefficient (Wildman–Crippen LogP) is 4.80. The Labute approximate surface area is 121 Å². The van der Waals surface area contributed by atoms with Crippen molar-refractivity contribution in [3.8, 4) is 0 Å². The van der Waals surface area contributed by atoms with E-state index in [1.54, 1.807) is 0 Å². The standard InChI is InChI=1S/C16H18OS2/c1-16(2,3)13-9-11-14(12-10-13)18-19(17)15-7-5-4-6-8-15/h4-12H,1-3H3. The zero-order valence-corrected chi connectivity index (χ0v) is 13.1. The van der Waals surface area contributed by atoms with Gasteiger partial charge in [-0.2, -0.15) is 0 Å². The van der Waals surface area contributed by atoms with E-state index >= 15 is 0 Å². The minimum Gasteiger partial charge on any atom is -0.242 e. The van der Waals surface area contributed by atoms with Crippen molar-refractivity contribution in [3.63, 3.8) is 0 Å². The lowest BCUT2D eigenvalue weighted by molar-refractivity contribution is 0.590. The summed E-state index contributed by atoms with van der Waals surface area (Å²) >= 11 is 0. The Morgan fingerprint density at radius 1 is 0.895 bits per heavy atom. The second kappa shape index (κ2) is 5.93. The summed E-state index contributed by atoms with van der Waals surface area (Å²) < 4.78 is 12.2. The Bertz CT molecular complexity index is 554. The minimum absolute atomic E-state index is 0.155. The highest BCUT2D eigenvalue weighted by Crippen LogP contribution is 2.29. The minimum atomic E-state index is -1.05. The molecule has 19 heavy (non-hydrogen) atoms. The lowest BCUT2D eigenvalue weighted by atomic mass is 9.87. The summed E-state index contributed by atoms with van der Waals surface area (Å²) in [5.41, 5.74) is 1.45. The zero-order valence-electron chi connectivity index (χ0n) is 11.4. The van der Waals surface area contributed by atoms with Crippen molar-refractivity contribution in [1.82, 2.24) is 0 Å². The fourth-order valence-electron chi connectivity index (χ4n) is 1.68. The molecular formula is C16H18OS2. The van der Waals surface area contributed by atoms with Crippen molar-refractivity contribution in [3.05, 3.63) is 60.2 Å². The van der Waals surface area contributed by atoms with Crippen LogP contribution in [0.5, 0.6) is 0 Å². The van der Waals surface area contributed by atoms with E-state index in [1.807, 2.05) is 42.5 Å². The summed E-state index contributed by atoms with van der Waals surface area (Å²) in [5.74, 6) is 0. The largest absolute Gasteiger partial charge is 0.242 e. The van der Waals surface area contributed by atoms with Crippen LogP contribution in [0.1, 0.15) is 26.3 Å². The van der Waals surface area contributed by atoms with Gasteiger partial charge in [0, 0.05) is 9.79 Å². The Hall–Kier alpha value is -1.06. The van der Waals surface area contributed by atoms with Gasteiger partial charge in [0.1, 0.15) is 9.83 Å². The molecule has 0 bridgehead atoms. The molecule has 2 aromatic carbocycles. The third kappa shape index (κ3) is 3.95. The average molecular weight is 290 g/mol. The molecule has 0 radical (unpaired) electrons. The van der Waals surface area contributed by atoms with Gasteiger partial charge < -0.3 is 0 Å². The van der Waals surface area contributed by atoms with E-state index in [9.17, 15) is 4.21 Å². The highest BCUT2D eigenvalue weighted by molar-refractivity contribution is 8.69. The third-order valence-electron chi connectivity index (χ3n) is 2.83. The van der Waals surface area contributed by atoms with Gasteiger partial charge in [-0.25, -0.2) is 4.21 Å². The lowest BCUT2D eigenvalue weighted by Gasteiger charge is -2.18. The summed E-state index contributed by atoms with van der Waals surface area (Å²) in [7, 11) is 0.343. The number of hydrogen-bond acceptors (Lipinski definition) is 2. The number of rotatable bonds is 3. The summed E-state index contributed by atoms with van der Waals surface area (Å²) in [4.78, 5) is 1.89. The Morgan fingerprint density at radius 2 is 1.47 bits per heavy atom. The topological polar surface area (TPSA) is 17.1 Å². The number of hydrogen-bond donors (Lipinski definition) is 0. The molecule has 0 saturated carbocycles. The maximum Gasteiger partial charge on any atom is 0.117 e. The molecule has 2 aromatic rings. The molecule has 0 aliphatic carbocycles. The first-order valence-electron chi connectivity index (χ1n) is 6.22. The van der Waals surface area contributed by atoms with Crippen molar-refractivity contribution in [2.24, 2.45) is 0 Å². The van der Waals surface area contributed by atoms with Gasteiger partial charge in [-0.3, -0.25) is 0 Å². The molecule has 0 heterocycles. The summed E-state index contributed by atoms with van der Waals surface area (Å²) in [6, 6.07) is 17.9. The first-order chi connectivity index (χ1) is 8.97. The molecule has 1 nitrogen and oxygen atoms in total. The van der Waals surface area contributed by atoms with Gasteiger partial charge in [-0.1, -0.05) is 51.1 Å². The maximum absolute atomic E-state index is 12.2. The SMILES string of the molecule is CC(C)(C)c1ccc(SS(=O)c2ccccc2)cc1. The van der Waals surface area contributed by atoms with Crippen LogP contribution in [0.4, 0.5) is 0 Å². The smallest absolute Gasteiger partial charge is 0.117 e. The van der Waals surface area contributed by atoms with Crippen LogP contribution < -0.4 is 0 Å². The van der Waals surface area contributed by atoms with Crippen molar-refractivity contribution in [2.75, 3.05) is 0 Å². The Morgan fingerprint density at radius 3 is 2.00 bits per heavy atom. The highest BCUT2D eigenvalue weighted by atomic mass is 33.1. The van der Waals surface area contributed by atoms with Gasteiger partial charge in [0.2, 0.25) is 0 Å². The van der Waals surface area contributed by atoms with Crippen LogP contribution >= 0.6 is 10.8 Å². The van der Waals surface area contributed by atoms with Crippen LogP contribution in [-0.2, 0) is 15.2 Å². The van der Waals surface area contributed by atoms with Gasteiger partial charge in [-0.15, -0.1) is 0 Å². The summed E-state index contributed by atoms with van der Waals surface area (Å²) in [6.07, 6.45) is 0. The van der Waals surface area contributed by atoms with E-state index in [4.69, 9.17) is 0 Å². The van der Waals surface area contributed by atoms with Crippen LogP contribution in [-0.4, -0.2) is 4.21 Å². The predicted molar refractivity (Wildman–Crippen MR) is 83.8 cm³/mol. The third-order valence-corrected chi connectivity index (χ3v) is 5.71. The Balaban J connectivity index is 2.10. The number of benzene rings is 2. The molecule has 0 aliphatic rings. The average Bonchev–Trinajstić information content (AvgIpc) is 2.39. The molecule has 0 aliphatic heterocycles. The molecule has 0 aromatic heterocycles. The fraction of sp³-hybridized carbons (Fsp3) is 0.250. The first kappa shape index (κ1) is 14.4. The van der Waals surface area contributed by atoms with Crippen molar-refractivity contribution >= 4 is 20.6 Å². The van der Waals surface area contributed by atoms with Gasteiger partial charge >= 0.3 is 0 Å². The molecule has 1 atom stereocenters. The first-order valence-corrected chi connectivity index (χ1v) is 8.71. The van der Waals surface area contributed by atoms with Gasteiger partial charge in [0.25, 0.3) is 0 Å². The molecule has 0 spiro atoms. The summed E-state index contributed by atoms with van der Waals surface area (Å²) in [5, 5.41) is 0. The van der Waals surface area contributed by atoms with Crippen LogP contribution in [0.3, 0.4) is 0 Å². The van der Waals surface area contributed by atoms with Crippen molar-refractivity contribution in [1.29, 1.82) is 0 Å². The van der Waals surface area contributed by atoms with Crippen LogP contribution in [0.25, 0.3) is 0 Å². The van der Waals surface area contributed by atoms with Gasteiger partial charge in [0.15, 0.2) is 0 Å². The van der Waals surface area contributed by atoms with E-state index < -0.39 is 9.83 Å². The van der Waals surface area contributed by atoms with E-state index in [2.05, 4.69) is 32.9 Å². The molecular weight excluding hydrogens is 272 g/mol. The molecule has 100 valence electrons. The van der Waals surface area contributed by atoms with E-state index in [1.165, 1.54) is 16.4 Å². The van der Waals surface area contributed by atoms with Crippen LogP contribution in [0.15, 0.2) is 64.4 Å². The van der Waals surface area contributed by atoms with Crippen molar-refractivity contribution in [2.45, 2.75) is 36.0 Å². The monoisotopic (exact) mass is 290 g/mol. The van der Waals surface area contributed by atoms with E-state index in [0.29, 0.717) is 0 Å². The molecule has 0 amide bonds. The van der Waals surface area contributed by atoms with Gasteiger partial charge in [-0.05, 0) is 46.0 Å². The molecule has 3 heteroatoms. The molecule has 1 unspecified atom stereocenters. The molecule has 0 fully saturated rings. The molecule has 0 N–H and O–H groups in total. The highest BCUT2D eigenvalue weighted by Gasteiger charge is 2.13. The Kier molecular flexibility index (Phi) is 4.48. The normalized spacial score (nSPS) is 13.2. The van der Waals surface area contributed by atoms with Gasteiger partial charge in [0.05, 0.1) is 0 Å². The zero-order chi connectivity index (χ0) is 13.9.